The molecule has 4 fully saturated rings. The normalized spacial score (nSPS) is 24.4. The van der Waals surface area contributed by atoms with Crippen LogP contribution in [0.5, 0.6) is 0 Å². The van der Waals surface area contributed by atoms with Crippen LogP contribution in [0.1, 0.15) is 36.2 Å². The number of nitrogens with zero attached hydrogens (tertiary/aromatic N) is 3. The maximum atomic E-state index is 12.8. The summed E-state index contributed by atoms with van der Waals surface area (Å²) in [7, 11) is 0. The number of aliphatic hydroxyl groups is 1. The monoisotopic (exact) mass is 443 g/mol. The lowest BCUT2D eigenvalue weighted by Crippen LogP contribution is -2.57. The summed E-state index contributed by atoms with van der Waals surface area (Å²) in [6.45, 7) is 7.81. The third kappa shape index (κ3) is 4.83. The lowest BCUT2D eigenvalue weighted by atomic mass is 9.84. The zero-order valence-electron chi connectivity index (χ0n) is 17.5. The SMILES string of the molecule is C=CO.O=C(N[C@@H]1CN2CCC1CC2)c1nsc2cc(NC(=O)N3CCCC3)ccc12. The van der Waals surface area contributed by atoms with E-state index in [1.165, 1.54) is 24.4 Å². The number of amides is 3. The van der Waals surface area contributed by atoms with Crippen molar-refractivity contribution in [1.82, 2.24) is 19.5 Å². The molecule has 1 aromatic carbocycles. The Morgan fingerprint density at radius 2 is 1.90 bits per heavy atom. The van der Waals surface area contributed by atoms with Crippen molar-refractivity contribution in [3.05, 3.63) is 36.7 Å². The van der Waals surface area contributed by atoms with E-state index in [9.17, 15) is 9.59 Å². The van der Waals surface area contributed by atoms with Crippen LogP contribution in [-0.2, 0) is 0 Å². The number of hydrogen-bond acceptors (Lipinski definition) is 6. The standard InChI is InChI=1S/C20H25N5O2S.C2H4O/c26-19(22-16-12-24-9-5-13(16)6-10-24)18-15-4-3-14(11-17(15)28-23-18)21-20(27)25-7-1-2-8-25;1-2-3/h3-4,11,13,16H,1-2,5-10,12H2,(H,21,27)(H,22,26);2-3H,1H2/t16-;/m1./s1. The first-order valence-corrected chi connectivity index (χ1v) is 11.6. The highest BCUT2D eigenvalue weighted by atomic mass is 32.1. The molecule has 8 nitrogen and oxygen atoms in total. The van der Waals surface area contributed by atoms with E-state index in [-0.39, 0.29) is 18.0 Å². The average molecular weight is 444 g/mol. The van der Waals surface area contributed by atoms with Crippen molar-refractivity contribution >= 4 is 39.2 Å². The molecule has 0 radical (unpaired) electrons. The van der Waals surface area contributed by atoms with Gasteiger partial charge in [0, 0.05) is 36.7 Å². The zero-order valence-corrected chi connectivity index (χ0v) is 18.4. The highest BCUT2D eigenvalue weighted by Gasteiger charge is 2.35. The molecule has 9 heteroatoms. The Bertz CT molecular complexity index is 948. The van der Waals surface area contributed by atoms with Gasteiger partial charge in [0.15, 0.2) is 0 Å². The van der Waals surface area contributed by atoms with E-state index in [1.807, 2.05) is 23.1 Å². The summed E-state index contributed by atoms with van der Waals surface area (Å²) in [5.74, 6) is 0.505. The number of aromatic nitrogens is 1. The molecule has 0 saturated carbocycles. The third-order valence-corrected chi connectivity index (χ3v) is 7.11. The number of carbonyl (C=O) groups excluding carboxylic acids is 2. The number of nitrogens with one attached hydrogen (secondary N) is 2. The van der Waals surface area contributed by atoms with E-state index in [1.54, 1.807) is 0 Å². The molecule has 166 valence electrons. The summed E-state index contributed by atoms with van der Waals surface area (Å²) in [5, 5.41) is 14.4. The molecule has 3 amide bonds. The highest BCUT2D eigenvalue weighted by molar-refractivity contribution is 7.13. The smallest absolute Gasteiger partial charge is 0.321 e. The predicted molar refractivity (Wildman–Crippen MR) is 123 cm³/mol. The van der Waals surface area contributed by atoms with Crippen LogP contribution in [0.2, 0.25) is 0 Å². The second kappa shape index (κ2) is 9.65. The fourth-order valence-electron chi connectivity index (χ4n) is 4.67. The topological polar surface area (TPSA) is 97.8 Å². The highest BCUT2D eigenvalue weighted by Crippen LogP contribution is 2.29. The molecule has 2 bridgehead atoms. The number of urea groups is 1. The summed E-state index contributed by atoms with van der Waals surface area (Å²) in [5.41, 5.74) is 1.24. The largest absolute Gasteiger partial charge is 0.516 e. The number of carbonyl (C=O) groups is 2. The maximum absolute atomic E-state index is 12.8. The molecular weight excluding hydrogens is 414 g/mol. The zero-order chi connectivity index (χ0) is 21.8. The van der Waals surface area contributed by atoms with E-state index in [0.717, 1.165) is 67.6 Å². The van der Waals surface area contributed by atoms with E-state index in [0.29, 0.717) is 11.6 Å². The van der Waals surface area contributed by atoms with Crippen molar-refractivity contribution in [2.75, 3.05) is 38.0 Å². The van der Waals surface area contributed by atoms with Crippen molar-refractivity contribution in [2.45, 2.75) is 31.7 Å². The number of aliphatic hydroxyl groups excluding tert-OH is 1. The molecule has 5 heterocycles. The van der Waals surface area contributed by atoms with Crippen LogP contribution in [0, 0.1) is 5.92 Å². The van der Waals surface area contributed by atoms with Crippen LogP contribution in [0.3, 0.4) is 0 Å². The average Bonchev–Trinajstić information content (AvgIpc) is 3.45. The molecule has 3 N–H and O–H groups in total. The maximum Gasteiger partial charge on any atom is 0.321 e. The van der Waals surface area contributed by atoms with Gasteiger partial charge in [0.2, 0.25) is 0 Å². The second-order valence-electron chi connectivity index (χ2n) is 8.27. The van der Waals surface area contributed by atoms with E-state index in [4.69, 9.17) is 5.11 Å². The summed E-state index contributed by atoms with van der Waals surface area (Å²) >= 11 is 1.31. The van der Waals surface area contributed by atoms with Gasteiger partial charge in [-0.05, 0) is 74.4 Å². The van der Waals surface area contributed by atoms with Crippen LogP contribution in [0.15, 0.2) is 31.0 Å². The van der Waals surface area contributed by atoms with Gasteiger partial charge < -0.3 is 25.5 Å². The van der Waals surface area contributed by atoms with Crippen molar-refractivity contribution in [3.8, 4) is 0 Å². The Morgan fingerprint density at radius 3 is 2.55 bits per heavy atom. The number of anilines is 1. The number of likely N-dealkylation sites (tertiary alicyclic amines) is 1. The minimum atomic E-state index is -0.0844. The minimum absolute atomic E-state index is 0.0540. The number of benzene rings is 1. The molecule has 4 saturated heterocycles. The van der Waals surface area contributed by atoms with Crippen LogP contribution >= 0.6 is 11.5 Å². The summed E-state index contributed by atoms with van der Waals surface area (Å²) in [6, 6.07) is 5.83. The van der Waals surface area contributed by atoms with Crippen LogP contribution in [0.25, 0.3) is 10.1 Å². The third-order valence-electron chi connectivity index (χ3n) is 6.30. The van der Waals surface area contributed by atoms with E-state index < -0.39 is 0 Å². The van der Waals surface area contributed by atoms with Gasteiger partial charge in [-0.3, -0.25) is 4.79 Å². The minimum Gasteiger partial charge on any atom is -0.516 e. The fraction of sp³-hybridized carbons (Fsp3) is 0.500. The Hall–Kier alpha value is -2.65. The summed E-state index contributed by atoms with van der Waals surface area (Å²) in [6.07, 6.45) is 5.23. The fourth-order valence-corrected chi connectivity index (χ4v) is 5.48. The van der Waals surface area contributed by atoms with Crippen LogP contribution in [-0.4, -0.2) is 70.0 Å². The lowest BCUT2D eigenvalue weighted by molar-refractivity contribution is 0.0619. The Labute approximate surface area is 186 Å². The molecule has 4 aliphatic heterocycles. The first kappa shape index (κ1) is 21.6. The van der Waals surface area contributed by atoms with Crippen LogP contribution in [0.4, 0.5) is 10.5 Å². The molecule has 1 aromatic heterocycles. The van der Waals surface area contributed by atoms with E-state index >= 15 is 0 Å². The van der Waals surface area contributed by atoms with Gasteiger partial charge >= 0.3 is 6.03 Å². The van der Waals surface area contributed by atoms with Crippen molar-refractivity contribution < 1.29 is 14.7 Å². The second-order valence-corrected chi connectivity index (χ2v) is 9.07. The molecule has 1 atom stereocenters. The quantitative estimate of drug-likeness (QED) is 0.632. The first-order chi connectivity index (χ1) is 15.1. The number of fused-ring (bicyclic) bond motifs is 4. The number of piperidine rings is 3. The van der Waals surface area contributed by atoms with E-state index in [2.05, 4.69) is 26.5 Å². The Kier molecular flexibility index (Phi) is 6.72. The lowest BCUT2D eigenvalue weighted by Gasteiger charge is -2.44. The molecule has 0 unspecified atom stereocenters. The van der Waals surface area contributed by atoms with Gasteiger partial charge in [0.25, 0.3) is 5.91 Å². The van der Waals surface area contributed by atoms with Crippen molar-refractivity contribution in [1.29, 1.82) is 0 Å². The number of rotatable bonds is 3. The van der Waals surface area contributed by atoms with Gasteiger partial charge in [0.1, 0.15) is 5.69 Å². The Balaban J connectivity index is 0.000000730. The number of hydrogen-bond donors (Lipinski definition) is 3. The molecular formula is C22H29N5O3S. The molecule has 2 aromatic rings. The van der Waals surface area contributed by atoms with Gasteiger partial charge in [0.05, 0.1) is 11.0 Å². The molecule has 0 spiro atoms. The molecule has 31 heavy (non-hydrogen) atoms. The van der Waals surface area contributed by atoms with Gasteiger partial charge in [-0.25, -0.2) is 4.79 Å². The predicted octanol–water partition coefficient (Wildman–Crippen LogP) is 3.44. The summed E-state index contributed by atoms with van der Waals surface area (Å²) < 4.78 is 5.33. The van der Waals surface area contributed by atoms with Crippen molar-refractivity contribution in [3.63, 3.8) is 0 Å². The summed E-state index contributed by atoms with van der Waals surface area (Å²) in [4.78, 5) is 29.4. The molecule has 6 rings (SSSR count). The van der Waals surface area contributed by atoms with Gasteiger partial charge in [-0.1, -0.05) is 6.58 Å². The van der Waals surface area contributed by atoms with Crippen molar-refractivity contribution in [2.24, 2.45) is 5.92 Å². The molecule has 0 aliphatic carbocycles. The van der Waals surface area contributed by atoms with Gasteiger partial charge in [-0.2, -0.15) is 4.37 Å². The first-order valence-electron chi connectivity index (χ1n) is 10.8. The van der Waals surface area contributed by atoms with Gasteiger partial charge in [-0.15, -0.1) is 0 Å². The Morgan fingerprint density at radius 1 is 1.19 bits per heavy atom. The van der Waals surface area contributed by atoms with Crippen LogP contribution < -0.4 is 10.6 Å². The molecule has 4 aliphatic rings.